The number of halogens is 1. The van der Waals surface area contributed by atoms with Gasteiger partial charge in [0.1, 0.15) is 4.90 Å². The Kier molecular flexibility index (Phi) is 9.47. The average molecular weight is 488 g/mol. The van der Waals surface area contributed by atoms with Crippen molar-refractivity contribution in [2.45, 2.75) is 44.9 Å². The van der Waals surface area contributed by atoms with E-state index in [1.165, 1.54) is 16.4 Å². The second-order valence-electron chi connectivity index (χ2n) is 8.32. The number of nitrogens with one attached hydrogen (secondary N) is 2. The lowest BCUT2D eigenvalue weighted by atomic mass is 10.0. The van der Waals surface area contributed by atoms with Crippen LogP contribution in [0, 0.1) is 11.8 Å². The van der Waals surface area contributed by atoms with Crippen LogP contribution in [0.1, 0.15) is 50.4 Å². The van der Waals surface area contributed by atoms with Gasteiger partial charge >= 0.3 is 12.0 Å². The van der Waals surface area contributed by atoms with Gasteiger partial charge in [-0.05, 0) is 49.3 Å². The number of ether oxygens (including phenoxy) is 1. The number of esters is 1. The lowest BCUT2D eigenvalue weighted by Crippen LogP contribution is -2.42. The second-order valence-corrected chi connectivity index (χ2v) is 10.6. The first kappa shape index (κ1) is 26.1. The predicted molar refractivity (Wildman–Crippen MR) is 120 cm³/mol. The molecule has 2 N–H and O–H groups in total. The average Bonchev–Trinajstić information content (AvgIpc) is 2.72. The summed E-state index contributed by atoms with van der Waals surface area (Å²) < 4.78 is 32.3. The first-order valence-electron chi connectivity index (χ1n) is 10.5. The Hall–Kier alpha value is -2.17. The molecule has 0 spiro atoms. The molecular weight excluding hydrogens is 458 g/mol. The van der Waals surface area contributed by atoms with Gasteiger partial charge in [0, 0.05) is 19.6 Å². The molecule has 0 radical (unpaired) electrons. The van der Waals surface area contributed by atoms with E-state index in [1.54, 1.807) is 0 Å². The molecule has 1 atom stereocenters. The minimum Gasteiger partial charge on any atom is -0.452 e. The van der Waals surface area contributed by atoms with Crippen LogP contribution in [0.3, 0.4) is 0 Å². The van der Waals surface area contributed by atoms with Crippen LogP contribution in [0.5, 0.6) is 0 Å². The molecule has 1 saturated heterocycles. The van der Waals surface area contributed by atoms with Crippen LogP contribution in [0.2, 0.25) is 5.02 Å². The van der Waals surface area contributed by atoms with Crippen LogP contribution in [0.4, 0.5) is 4.79 Å². The smallest absolute Gasteiger partial charge is 0.338 e. The van der Waals surface area contributed by atoms with Crippen molar-refractivity contribution in [1.82, 2.24) is 14.9 Å². The highest BCUT2D eigenvalue weighted by atomic mass is 35.5. The van der Waals surface area contributed by atoms with Gasteiger partial charge in [-0.1, -0.05) is 32.4 Å². The monoisotopic (exact) mass is 487 g/mol. The number of hydrogen-bond donors (Lipinski definition) is 2. The zero-order valence-corrected chi connectivity index (χ0v) is 20.1. The van der Waals surface area contributed by atoms with Crippen LogP contribution in [-0.2, 0) is 19.6 Å². The highest BCUT2D eigenvalue weighted by Gasteiger charge is 2.31. The molecule has 1 unspecified atom stereocenters. The van der Waals surface area contributed by atoms with Gasteiger partial charge < -0.3 is 10.1 Å². The summed E-state index contributed by atoms with van der Waals surface area (Å²) in [5, 5.41) is 4.59. The number of piperidine rings is 1. The van der Waals surface area contributed by atoms with E-state index in [9.17, 15) is 22.8 Å². The number of hydrogen-bond acceptors (Lipinski definition) is 6. The van der Waals surface area contributed by atoms with E-state index in [0.29, 0.717) is 25.6 Å². The van der Waals surface area contributed by atoms with Crippen molar-refractivity contribution in [3.8, 4) is 0 Å². The van der Waals surface area contributed by atoms with Crippen LogP contribution >= 0.6 is 11.6 Å². The molecule has 1 aliphatic heterocycles. The maximum Gasteiger partial charge on any atom is 0.338 e. The molecular formula is C21H30ClN3O6S. The summed E-state index contributed by atoms with van der Waals surface area (Å²) in [7, 11) is -3.88. The number of nitrogens with zero attached hydrogens (tertiary/aromatic N) is 1. The number of carbonyl (C=O) groups is 3. The molecule has 11 heteroatoms. The predicted octanol–water partition coefficient (Wildman–Crippen LogP) is 2.79. The van der Waals surface area contributed by atoms with E-state index < -0.39 is 34.5 Å². The Morgan fingerprint density at radius 1 is 1.28 bits per heavy atom. The first-order chi connectivity index (χ1) is 15.0. The maximum absolute atomic E-state index is 13.0. The lowest BCUT2D eigenvalue weighted by Gasteiger charge is -2.30. The standard InChI is InChI=1S/C21H30ClN3O6S/c1-14(2)8-9-23-21(28)24-19(26)13-31-20(27)16-6-7-17(22)18(11-16)32(29,30)25-10-4-5-15(3)12-25/h6-7,11,14-15H,4-5,8-10,12-13H2,1-3H3,(H2,23,24,26,28). The van der Waals surface area contributed by atoms with Gasteiger partial charge in [0.15, 0.2) is 6.61 Å². The molecule has 0 aliphatic carbocycles. The Bertz CT molecular complexity index is 951. The summed E-state index contributed by atoms with van der Waals surface area (Å²) in [6, 6.07) is 3.09. The SMILES string of the molecule is CC(C)CCNC(=O)NC(=O)COC(=O)c1ccc(Cl)c(S(=O)(=O)N2CCCC(C)C2)c1. The van der Waals surface area contributed by atoms with E-state index in [2.05, 4.69) is 10.6 Å². The van der Waals surface area contributed by atoms with Crippen molar-refractivity contribution in [2.75, 3.05) is 26.2 Å². The van der Waals surface area contributed by atoms with Crippen molar-refractivity contribution in [1.29, 1.82) is 0 Å². The Morgan fingerprint density at radius 3 is 2.66 bits per heavy atom. The largest absolute Gasteiger partial charge is 0.452 e. The number of sulfonamides is 1. The van der Waals surface area contributed by atoms with Gasteiger partial charge in [-0.2, -0.15) is 4.31 Å². The number of imide groups is 1. The van der Waals surface area contributed by atoms with E-state index in [-0.39, 0.29) is 21.4 Å². The molecule has 9 nitrogen and oxygen atoms in total. The summed E-state index contributed by atoms with van der Waals surface area (Å²) in [4.78, 5) is 35.6. The molecule has 0 saturated carbocycles. The molecule has 1 aromatic carbocycles. The second kappa shape index (κ2) is 11.6. The topological polar surface area (TPSA) is 122 Å². The normalized spacial score (nSPS) is 17.1. The molecule has 0 bridgehead atoms. The van der Waals surface area contributed by atoms with Crippen molar-refractivity contribution in [3.05, 3.63) is 28.8 Å². The summed E-state index contributed by atoms with van der Waals surface area (Å²) in [6.07, 6.45) is 2.46. The molecule has 1 aliphatic rings. The molecule has 1 fully saturated rings. The number of urea groups is 1. The molecule has 2 rings (SSSR count). The number of amides is 3. The number of benzene rings is 1. The minimum atomic E-state index is -3.88. The highest BCUT2D eigenvalue weighted by molar-refractivity contribution is 7.89. The molecule has 178 valence electrons. The van der Waals surface area contributed by atoms with Crippen LogP contribution < -0.4 is 10.6 Å². The quantitative estimate of drug-likeness (QED) is 0.544. The van der Waals surface area contributed by atoms with E-state index in [1.807, 2.05) is 20.8 Å². The van der Waals surface area contributed by atoms with Crippen molar-refractivity contribution < 1.29 is 27.5 Å². The Morgan fingerprint density at radius 2 is 2.00 bits per heavy atom. The van der Waals surface area contributed by atoms with E-state index >= 15 is 0 Å². The molecule has 3 amide bonds. The molecule has 32 heavy (non-hydrogen) atoms. The van der Waals surface area contributed by atoms with Gasteiger partial charge in [-0.25, -0.2) is 18.0 Å². The Labute approximate surface area is 193 Å². The summed E-state index contributed by atoms with van der Waals surface area (Å²) in [5.74, 6) is -1.07. The summed E-state index contributed by atoms with van der Waals surface area (Å²) >= 11 is 6.12. The number of rotatable bonds is 8. The van der Waals surface area contributed by atoms with Crippen LogP contribution in [-0.4, -0.2) is 56.9 Å². The third-order valence-electron chi connectivity index (χ3n) is 5.00. The van der Waals surface area contributed by atoms with Gasteiger partial charge in [0.25, 0.3) is 5.91 Å². The third kappa shape index (κ3) is 7.46. The third-order valence-corrected chi connectivity index (χ3v) is 7.35. The zero-order chi connectivity index (χ0) is 23.9. The summed E-state index contributed by atoms with van der Waals surface area (Å²) in [5.41, 5.74) is -0.0628. The summed E-state index contributed by atoms with van der Waals surface area (Å²) in [6.45, 7) is 6.48. The Balaban J connectivity index is 1.98. The first-order valence-corrected chi connectivity index (χ1v) is 12.4. The fourth-order valence-electron chi connectivity index (χ4n) is 3.23. The zero-order valence-electron chi connectivity index (χ0n) is 18.5. The minimum absolute atomic E-state index is 0.00408. The van der Waals surface area contributed by atoms with Crippen molar-refractivity contribution in [3.63, 3.8) is 0 Å². The molecule has 0 aromatic heterocycles. The van der Waals surface area contributed by atoms with Gasteiger partial charge in [-0.15, -0.1) is 0 Å². The fourth-order valence-corrected chi connectivity index (χ4v) is 5.33. The lowest BCUT2D eigenvalue weighted by molar-refractivity contribution is -0.123. The van der Waals surface area contributed by atoms with E-state index in [4.69, 9.17) is 16.3 Å². The van der Waals surface area contributed by atoms with Gasteiger partial charge in [0.05, 0.1) is 10.6 Å². The molecule has 1 aromatic rings. The van der Waals surface area contributed by atoms with Crippen LogP contribution in [0.25, 0.3) is 0 Å². The highest BCUT2D eigenvalue weighted by Crippen LogP contribution is 2.29. The van der Waals surface area contributed by atoms with Crippen LogP contribution in [0.15, 0.2) is 23.1 Å². The molecule has 1 heterocycles. The number of carbonyl (C=O) groups excluding carboxylic acids is 3. The fraction of sp³-hybridized carbons (Fsp3) is 0.571. The van der Waals surface area contributed by atoms with Crippen molar-refractivity contribution in [2.24, 2.45) is 11.8 Å². The van der Waals surface area contributed by atoms with Gasteiger partial charge in [-0.3, -0.25) is 10.1 Å². The van der Waals surface area contributed by atoms with Crippen molar-refractivity contribution >= 4 is 39.5 Å². The van der Waals surface area contributed by atoms with E-state index in [0.717, 1.165) is 25.3 Å². The maximum atomic E-state index is 13.0. The van der Waals surface area contributed by atoms with Gasteiger partial charge in [0.2, 0.25) is 10.0 Å².